The van der Waals surface area contributed by atoms with Gasteiger partial charge in [0.05, 0.1) is 12.1 Å². The minimum atomic E-state index is -0.393. The van der Waals surface area contributed by atoms with Gasteiger partial charge in [-0.15, -0.1) is 0 Å². The Balaban J connectivity index is 1.45. The molecule has 5 rings (SSSR count). The van der Waals surface area contributed by atoms with E-state index in [1.807, 2.05) is 36.1 Å². The van der Waals surface area contributed by atoms with E-state index < -0.39 is 5.82 Å². The number of hydrogen-bond donors (Lipinski definition) is 0. The highest BCUT2D eigenvalue weighted by molar-refractivity contribution is 6.35. The topological polar surface area (TPSA) is 69.6 Å². The number of aromatic nitrogens is 2. The normalized spacial score (nSPS) is 16.6. The highest BCUT2D eigenvalue weighted by Gasteiger charge is 2.42. The number of halogens is 1. The number of hydrogen-bond acceptors (Lipinski definition) is 6. The summed E-state index contributed by atoms with van der Waals surface area (Å²) < 4.78 is 13.6. The minimum Gasteiger partial charge on any atom is -0.363 e. The van der Waals surface area contributed by atoms with E-state index >= 15 is 0 Å². The second kappa shape index (κ2) is 9.05. The predicted octanol–water partition coefficient (Wildman–Crippen LogP) is 3.03. The third-order valence-corrected chi connectivity index (χ3v) is 6.17. The summed E-state index contributed by atoms with van der Waals surface area (Å²) in [5.41, 5.74) is 3.21. The maximum absolute atomic E-state index is 13.6. The number of amides is 2. The summed E-state index contributed by atoms with van der Waals surface area (Å²) in [5, 5.41) is 0. The molecule has 0 unspecified atom stereocenters. The van der Waals surface area contributed by atoms with E-state index in [0.29, 0.717) is 49.0 Å². The van der Waals surface area contributed by atoms with E-state index in [9.17, 15) is 14.0 Å². The molecule has 0 spiro atoms. The van der Waals surface area contributed by atoms with Crippen molar-refractivity contribution in [3.8, 4) is 0 Å². The van der Waals surface area contributed by atoms with E-state index in [4.69, 9.17) is 0 Å². The monoisotopic (exact) mass is 457 g/mol. The standard InChI is InChI=1S/C26H24FN5O2/c1-18-3-5-19(6-4-18)17-32-24(33)22(20-7-9-21(27)10-8-20)23(25(32)34)30-13-15-31(16-14-30)26-28-11-2-12-29-26/h2-12H,13-17H2,1H3. The summed E-state index contributed by atoms with van der Waals surface area (Å²) in [6, 6.07) is 15.3. The van der Waals surface area contributed by atoms with Crippen LogP contribution in [-0.4, -0.2) is 57.8 Å². The number of carbonyl (C=O) groups excluding carboxylic acids is 2. The molecule has 3 heterocycles. The first kappa shape index (κ1) is 21.8. The van der Waals surface area contributed by atoms with Crippen LogP contribution in [0.2, 0.25) is 0 Å². The van der Waals surface area contributed by atoms with Crippen LogP contribution in [0.1, 0.15) is 16.7 Å². The number of anilines is 1. The van der Waals surface area contributed by atoms with Gasteiger partial charge in [-0.1, -0.05) is 42.0 Å². The zero-order chi connectivity index (χ0) is 23.7. The Morgan fingerprint density at radius 2 is 1.44 bits per heavy atom. The summed E-state index contributed by atoms with van der Waals surface area (Å²) >= 11 is 0. The number of rotatable bonds is 5. The van der Waals surface area contributed by atoms with Crippen LogP contribution in [0.25, 0.3) is 5.57 Å². The summed E-state index contributed by atoms with van der Waals surface area (Å²) in [6.45, 7) is 4.48. The lowest BCUT2D eigenvalue weighted by Crippen LogP contribution is -2.48. The second-order valence-corrected chi connectivity index (χ2v) is 8.44. The number of benzene rings is 2. The molecule has 7 nitrogen and oxygen atoms in total. The molecule has 0 saturated carbocycles. The molecule has 1 fully saturated rings. The van der Waals surface area contributed by atoms with Gasteiger partial charge in [-0.3, -0.25) is 14.5 Å². The Morgan fingerprint density at radius 3 is 2.09 bits per heavy atom. The van der Waals surface area contributed by atoms with Gasteiger partial charge >= 0.3 is 0 Å². The molecule has 34 heavy (non-hydrogen) atoms. The molecule has 0 radical (unpaired) electrons. The van der Waals surface area contributed by atoms with Gasteiger partial charge in [-0.05, 0) is 36.2 Å². The fraction of sp³-hybridized carbons (Fsp3) is 0.231. The fourth-order valence-electron chi connectivity index (χ4n) is 4.34. The molecule has 0 aliphatic carbocycles. The highest BCUT2D eigenvalue weighted by Crippen LogP contribution is 2.33. The first-order valence-corrected chi connectivity index (χ1v) is 11.2. The molecule has 0 bridgehead atoms. The van der Waals surface area contributed by atoms with Gasteiger partial charge in [-0.2, -0.15) is 0 Å². The van der Waals surface area contributed by atoms with E-state index in [-0.39, 0.29) is 18.4 Å². The van der Waals surface area contributed by atoms with Crippen LogP contribution in [0.3, 0.4) is 0 Å². The number of piperazine rings is 1. The van der Waals surface area contributed by atoms with Crippen LogP contribution >= 0.6 is 0 Å². The van der Waals surface area contributed by atoms with Crippen LogP contribution in [0.4, 0.5) is 10.3 Å². The van der Waals surface area contributed by atoms with E-state index in [0.717, 1.165) is 11.1 Å². The maximum Gasteiger partial charge on any atom is 0.278 e. The minimum absolute atomic E-state index is 0.184. The molecule has 2 aromatic carbocycles. The van der Waals surface area contributed by atoms with Crippen molar-refractivity contribution >= 4 is 23.3 Å². The molecular weight excluding hydrogens is 433 g/mol. The van der Waals surface area contributed by atoms with Crippen molar-refractivity contribution in [1.29, 1.82) is 0 Å². The quantitative estimate of drug-likeness (QED) is 0.549. The molecule has 8 heteroatoms. The lowest BCUT2D eigenvalue weighted by molar-refractivity contribution is -0.138. The molecule has 2 aliphatic rings. The number of aryl methyl sites for hydroxylation is 1. The molecule has 0 atom stereocenters. The van der Waals surface area contributed by atoms with Crippen molar-refractivity contribution in [2.75, 3.05) is 31.1 Å². The molecule has 3 aromatic rings. The van der Waals surface area contributed by atoms with Gasteiger partial charge in [0.15, 0.2) is 0 Å². The molecule has 172 valence electrons. The molecule has 1 saturated heterocycles. The Morgan fingerprint density at radius 1 is 0.824 bits per heavy atom. The van der Waals surface area contributed by atoms with Gasteiger partial charge in [0, 0.05) is 38.6 Å². The SMILES string of the molecule is Cc1ccc(CN2C(=O)C(c3ccc(F)cc3)=C(N3CCN(c4ncccn4)CC3)C2=O)cc1. The van der Waals surface area contributed by atoms with E-state index in [1.54, 1.807) is 30.6 Å². The van der Waals surface area contributed by atoms with Crippen molar-refractivity contribution in [2.45, 2.75) is 13.5 Å². The maximum atomic E-state index is 13.6. The third-order valence-electron chi connectivity index (χ3n) is 6.17. The van der Waals surface area contributed by atoms with Crippen LogP contribution in [0.5, 0.6) is 0 Å². The van der Waals surface area contributed by atoms with Crippen molar-refractivity contribution in [3.05, 3.63) is 95.2 Å². The highest BCUT2D eigenvalue weighted by atomic mass is 19.1. The molecule has 1 aromatic heterocycles. The van der Waals surface area contributed by atoms with Crippen LogP contribution in [0, 0.1) is 12.7 Å². The molecule has 2 aliphatic heterocycles. The van der Waals surface area contributed by atoms with Crippen LogP contribution in [-0.2, 0) is 16.1 Å². The first-order valence-electron chi connectivity index (χ1n) is 11.2. The first-order chi connectivity index (χ1) is 16.5. The van der Waals surface area contributed by atoms with Crippen molar-refractivity contribution in [3.63, 3.8) is 0 Å². The van der Waals surface area contributed by atoms with Gasteiger partial charge in [-0.25, -0.2) is 14.4 Å². The molecular formula is C26H24FN5O2. The van der Waals surface area contributed by atoms with Gasteiger partial charge in [0.2, 0.25) is 5.95 Å². The van der Waals surface area contributed by atoms with Crippen LogP contribution < -0.4 is 4.90 Å². The number of carbonyl (C=O) groups is 2. The van der Waals surface area contributed by atoms with E-state index in [1.165, 1.54) is 17.0 Å². The van der Waals surface area contributed by atoms with Crippen molar-refractivity contribution < 1.29 is 14.0 Å². The lowest BCUT2D eigenvalue weighted by atomic mass is 10.0. The largest absolute Gasteiger partial charge is 0.363 e. The molecule has 2 amide bonds. The Labute approximate surface area is 197 Å². The smallest absolute Gasteiger partial charge is 0.278 e. The van der Waals surface area contributed by atoms with Crippen molar-refractivity contribution in [2.24, 2.45) is 0 Å². The predicted molar refractivity (Wildman–Crippen MR) is 126 cm³/mol. The second-order valence-electron chi connectivity index (χ2n) is 8.44. The Hall–Kier alpha value is -4.07. The molecule has 0 N–H and O–H groups in total. The third kappa shape index (κ3) is 4.14. The van der Waals surface area contributed by atoms with Gasteiger partial charge in [0.1, 0.15) is 11.5 Å². The number of imide groups is 1. The van der Waals surface area contributed by atoms with E-state index in [2.05, 4.69) is 14.9 Å². The Bertz CT molecular complexity index is 1230. The Kier molecular flexibility index (Phi) is 5.79. The zero-order valence-corrected chi connectivity index (χ0v) is 18.8. The summed E-state index contributed by atoms with van der Waals surface area (Å²) in [4.78, 5) is 41.0. The van der Waals surface area contributed by atoms with Gasteiger partial charge < -0.3 is 9.80 Å². The van der Waals surface area contributed by atoms with Crippen molar-refractivity contribution in [1.82, 2.24) is 19.8 Å². The fourth-order valence-corrected chi connectivity index (χ4v) is 4.34. The lowest BCUT2D eigenvalue weighted by Gasteiger charge is -2.36. The average molecular weight is 458 g/mol. The van der Waals surface area contributed by atoms with Gasteiger partial charge in [0.25, 0.3) is 11.8 Å². The average Bonchev–Trinajstić information content (AvgIpc) is 3.11. The number of nitrogens with zero attached hydrogens (tertiary/aromatic N) is 5. The zero-order valence-electron chi connectivity index (χ0n) is 18.8. The van der Waals surface area contributed by atoms with Crippen LogP contribution in [0.15, 0.2) is 72.7 Å². The summed E-state index contributed by atoms with van der Waals surface area (Å²) in [6.07, 6.45) is 3.40. The summed E-state index contributed by atoms with van der Waals surface area (Å²) in [7, 11) is 0. The summed E-state index contributed by atoms with van der Waals surface area (Å²) in [5.74, 6) is -0.435.